The number of carboxylic acids is 1. The van der Waals surface area contributed by atoms with Crippen molar-refractivity contribution >= 4 is 12.1 Å². The molecule has 0 heterocycles. The van der Waals surface area contributed by atoms with Crippen LogP contribution in [-0.2, 0) is 9.53 Å². The van der Waals surface area contributed by atoms with E-state index < -0.39 is 30.1 Å². The number of rotatable bonds is 4. The molecule has 2 aliphatic carbocycles. The lowest BCUT2D eigenvalue weighted by Crippen LogP contribution is -2.48. The first-order valence-electron chi connectivity index (χ1n) is 9.57. The molecule has 0 aromatic heterocycles. The third kappa shape index (κ3) is 3.47. The van der Waals surface area contributed by atoms with Crippen LogP contribution in [0, 0.1) is 5.92 Å². The minimum absolute atomic E-state index is 0.0224. The van der Waals surface area contributed by atoms with Gasteiger partial charge in [0.1, 0.15) is 6.61 Å². The highest BCUT2D eigenvalue weighted by atomic mass is 16.5. The average molecular weight is 381 g/mol. The van der Waals surface area contributed by atoms with Crippen LogP contribution in [0.5, 0.6) is 0 Å². The van der Waals surface area contributed by atoms with E-state index in [9.17, 15) is 14.7 Å². The molecule has 2 aliphatic rings. The van der Waals surface area contributed by atoms with Crippen molar-refractivity contribution in [1.29, 1.82) is 0 Å². The second-order valence-corrected chi connectivity index (χ2v) is 7.49. The SMILES string of the molecule is O=C(N[C@@H]1CC[C@H](C(=O)O)C[C@H]1O)OCC1c2ccccc2-c2ccccc21. The third-order valence-corrected chi connectivity index (χ3v) is 5.81. The number of carboxylic acid groups (broad SMARTS) is 1. The molecule has 0 radical (unpaired) electrons. The number of aliphatic hydroxyl groups is 1. The van der Waals surface area contributed by atoms with Crippen LogP contribution >= 0.6 is 0 Å². The van der Waals surface area contributed by atoms with Crippen molar-refractivity contribution in [1.82, 2.24) is 5.32 Å². The molecule has 0 saturated heterocycles. The normalized spacial score (nSPS) is 23.5. The van der Waals surface area contributed by atoms with Crippen molar-refractivity contribution in [3.05, 3.63) is 59.7 Å². The van der Waals surface area contributed by atoms with Crippen LogP contribution < -0.4 is 5.32 Å². The van der Waals surface area contributed by atoms with Gasteiger partial charge in [0.15, 0.2) is 0 Å². The fraction of sp³-hybridized carbons (Fsp3) is 0.364. The highest BCUT2D eigenvalue weighted by molar-refractivity contribution is 5.79. The van der Waals surface area contributed by atoms with Crippen molar-refractivity contribution < 1.29 is 24.5 Å². The molecule has 3 N–H and O–H groups in total. The van der Waals surface area contributed by atoms with Crippen molar-refractivity contribution in [2.24, 2.45) is 5.92 Å². The number of aliphatic hydroxyl groups excluding tert-OH is 1. The molecule has 1 fully saturated rings. The van der Waals surface area contributed by atoms with E-state index in [1.807, 2.05) is 24.3 Å². The number of nitrogens with one attached hydrogen (secondary N) is 1. The molecule has 4 rings (SSSR count). The van der Waals surface area contributed by atoms with Crippen molar-refractivity contribution in [2.75, 3.05) is 6.61 Å². The van der Waals surface area contributed by atoms with E-state index in [1.54, 1.807) is 0 Å². The van der Waals surface area contributed by atoms with E-state index >= 15 is 0 Å². The summed E-state index contributed by atoms with van der Waals surface area (Å²) in [5.74, 6) is -1.49. The van der Waals surface area contributed by atoms with Crippen LogP contribution in [0.15, 0.2) is 48.5 Å². The fourth-order valence-corrected chi connectivity index (χ4v) is 4.33. The number of carbonyl (C=O) groups excluding carboxylic acids is 1. The van der Waals surface area contributed by atoms with Gasteiger partial charge in [-0.25, -0.2) is 4.79 Å². The largest absolute Gasteiger partial charge is 0.481 e. The lowest BCUT2D eigenvalue weighted by atomic mass is 9.84. The Morgan fingerprint density at radius 1 is 1.00 bits per heavy atom. The molecular weight excluding hydrogens is 358 g/mol. The fourth-order valence-electron chi connectivity index (χ4n) is 4.33. The van der Waals surface area contributed by atoms with Gasteiger partial charge in [0, 0.05) is 5.92 Å². The maximum absolute atomic E-state index is 12.3. The minimum Gasteiger partial charge on any atom is -0.481 e. The van der Waals surface area contributed by atoms with Crippen LogP contribution in [-0.4, -0.2) is 41.0 Å². The number of amides is 1. The summed E-state index contributed by atoms with van der Waals surface area (Å²) in [6, 6.07) is 15.7. The molecule has 0 unspecified atom stereocenters. The number of fused-ring (bicyclic) bond motifs is 3. The second kappa shape index (κ2) is 7.64. The number of carbonyl (C=O) groups is 2. The number of benzene rings is 2. The maximum atomic E-state index is 12.3. The molecule has 3 atom stereocenters. The van der Waals surface area contributed by atoms with Gasteiger partial charge in [0.2, 0.25) is 0 Å². The Kier molecular flexibility index (Phi) is 5.05. The molecule has 0 spiro atoms. The summed E-state index contributed by atoms with van der Waals surface area (Å²) in [6.07, 6.45) is -0.470. The van der Waals surface area contributed by atoms with Crippen LogP contribution in [0.1, 0.15) is 36.3 Å². The zero-order valence-corrected chi connectivity index (χ0v) is 15.4. The zero-order valence-electron chi connectivity index (χ0n) is 15.4. The van der Waals surface area contributed by atoms with E-state index in [0.717, 1.165) is 22.3 Å². The summed E-state index contributed by atoms with van der Waals surface area (Å²) in [5.41, 5.74) is 4.60. The molecule has 1 saturated carbocycles. The second-order valence-electron chi connectivity index (χ2n) is 7.49. The van der Waals surface area contributed by atoms with Gasteiger partial charge in [-0.3, -0.25) is 4.79 Å². The summed E-state index contributed by atoms with van der Waals surface area (Å²) in [6.45, 7) is 0.209. The number of hydrogen-bond donors (Lipinski definition) is 3. The number of ether oxygens (including phenoxy) is 1. The Hall–Kier alpha value is -2.86. The smallest absolute Gasteiger partial charge is 0.407 e. The first-order valence-corrected chi connectivity index (χ1v) is 9.57. The Bertz CT molecular complexity index is 851. The molecule has 0 bridgehead atoms. The minimum atomic E-state index is -0.904. The van der Waals surface area contributed by atoms with Crippen LogP contribution in [0.2, 0.25) is 0 Å². The van der Waals surface area contributed by atoms with E-state index in [0.29, 0.717) is 12.8 Å². The monoisotopic (exact) mass is 381 g/mol. The molecule has 146 valence electrons. The van der Waals surface area contributed by atoms with Crippen molar-refractivity contribution in [3.8, 4) is 11.1 Å². The molecular formula is C22H23NO5. The Balaban J connectivity index is 1.39. The number of alkyl carbamates (subject to hydrolysis) is 1. The molecule has 2 aromatic carbocycles. The van der Waals surface area contributed by atoms with E-state index in [1.165, 1.54) is 0 Å². The predicted octanol–water partition coefficient (Wildman–Crippen LogP) is 3.14. The van der Waals surface area contributed by atoms with E-state index in [4.69, 9.17) is 9.84 Å². The highest BCUT2D eigenvalue weighted by Gasteiger charge is 2.34. The highest BCUT2D eigenvalue weighted by Crippen LogP contribution is 2.44. The van der Waals surface area contributed by atoms with Crippen LogP contribution in [0.4, 0.5) is 4.79 Å². The Morgan fingerprint density at radius 2 is 1.61 bits per heavy atom. The Morgan fingerprint density at radius 3 is 2.18 bits per heavy atom. The van der Waals surface area contributed by atoms with Crippen molar-refractivity contribution in [2.45, 2.75) is 37.3 Å². The summed E-state index contributed by atoms with van der Waals surface area (Å²) in [7, 11) is 0. The number of aliphatic carboxylic acids is 1. The zero-order chi connectivity index (χ0) is 19.7. The first-order chi connectivity index (χ1) is 13.5. The van der Waals surface area contributed by atoms with E-state index in [2.05, 4.69) is 29.6 Å². The topological polar surface area (TPSA) is 95.9 Å². The van der Waals surface area contributed by atoms with Gasteiger partial charge in [0.25, 0.3) is 0 Å². The van der Waals surface area contributed by atoms with Crippen LogP contribution in [0.3, 0.4) is 0 Å². The van der Waals surface area contributed by atoms with Gasteiger partial charge in [-0.05, 0) is 41.5 Å². The first kappa shape index (κ1) is 18.5. The van der Waals surface area contributed by atoms with Gasteiger partial charge in [0.05, 0.1) is 18.1 Å². The van der Waals surface area contributed by atoms with Gasteiger partial charge in [-0.1, -0.05) is 48.5 Å². The van der Waals surface area contributed by atoms with Gasteiger partial charge < -0.3 is 20.3 Å². The molecule has 6 heteroatoms. The van der Waals surface area contributed by atoms with Crippen LogP contribution in [0.25, 0.3) is 11.1 Å². The summed E-state index contributed by atoms with van der Waals surface area (Å²) < 4.78 is 5.49. The number of hydrogen-bond acceptors (Lipinski definition) is 4. The summed E-state index contributed by atoms with van der Waals surface area (Å²) in [4.78, 5) is 23.3. The predicted molar refractivity (Wildman–Crippen MR) is 103 cm³/mol. The van der Waals surface area contributed by atoms with Gasteiger partial charge in [-0.2, -0.15) is 0 Å². The lowest BCUT2D eigenvalue weighted by molar-refractivity contribution is -0.144. The molecule has 28 heavy (non-hydrogen) atoms. The maximum Gasteiger partial charge on any atom is 0.407 e. The molecule has 0 aliphatic heterocycles. The quantitative estimate of drug-likeness (QED) is 0.756. The molecule has 2 aromatic rings. The van der Waals surface area contributed by atoms with Crippen molar-refractivity contribution in [3.63, 3.8) is 0 Å². The molecule has 6 nitrogen and oxygen atoms in total. The third-order valence-electron chi connectivity index (χ3n) is 5.81. The average Bonchev–Trinajstić information content (AvgIpc) is 3.02. The lowest BCUT2D eigenvalue weighted by Gasteiger charge is -2.31. The summed E-state index contributed by atoms with van der Waals surface area (Å²) >= 11 is 0. The Labute approximate surface area is 163 Å². The van der Waals surface area contributed by atoms with Gasteiger partial charge >= 0.3 is 12.1 Å². The summed E-state index contributed by atoms with van der Waals surface area (Å²) in [5, 5.41) is 21.9. The van der Waals surface area contributed by atoms with Gasteiger partial charge in [-0.15, -0.1) is 0 Å². The standard InChI is InChI=1S/C22H23NO5/c24-20-11-13(21(25)26)9-10-19(20)23-22(27)28-12-18-16-7-3-1-5-14(16)15-6-2-4-8-17(15)18/h1-8,13,18-20,24H,9-12H2,(H,23,27)(H,25,26)/t13-,19+,20+/m0/s1. The van der Waals surface area contributed by atoms with E-state index in [-0.39, 0.29) is 18.9 Å². The molecule has 1 amide bonds.